The second-order valence-corrected chi connectivity index (χ2v) is 4.12. The highest BCUT2D eigenvalue weighted by Crippen LogP contribution is 2.24. The molecule has 15 heavy (non-hydrogen) atoms. The predicted molar refractivity (Wildman–Crippen MR) is 58.0 cm³/mol. The Balaban J connectivity index is 3.13. The van der Waals surface area contributed by atoms with Crippen molar-refractivity contribution in [1.29, 1.82) is 0 Å². The minimum atomic E-state index is -2.58. The zero-order valence-corrected chi connectivity index (χ0v) is 9.96. The summed E-state index contributed by atoms with van der Waals surface area (Å²) in [5.41, 5.74) is 0.361. The van der Waals surface area contributed by atoms with E-state index in [0.717, 1.165) is 0 Å². The fourth-order valence-electron chi connectivity index (χ4n) is 1.13. The summed E-state index contributed by atoms with van der Waals surface area (Å²) in [6, 6.07) is 1.28. The van der Waals surface area contributed by atoms with Crippen LogP contribution in [-0.2, 0) is 11.2 Å². The zero-order valence-electron chi connectivity index (χ0n) is 7.80. The monoisotopic (exact) mass is 327 g/mol. The van der Waals surface area contributed by atoms with Crippen molar-refractivity contribution in [2.24, 2.45) is 0 Å². The summed E-state index contributed by atoms with van der Waals surface area (Å²) in [6.07, 6.45) is -2.83. The number of carbonyl (C=O) groups is 1. The van der Waals surface area contributed by atoms with Gasteiger partial charge in [-0.3, -0.25) is 9.78 Å². The number of halogens is 3. The van der Waals surface area contributed by atoms with Gasteiger partial charge in [0.05, 0.1) is 12.1 Å². The van der Waals surface area contributed by atoms with Gasteiger partial charge in [0, 0.05) is 14.8 Å². The van der Waals surface area contributed by atoms with Crippen LogP contribution in [0.25, 0.3) is 0 Å². The number of nitrogens with zero attached hydrogens (tertiary/aromatic N) is 1. The van der Waals surface area contributed by atoms with Gasteiger partial charge in [0.1, 0.15) is 0 Å². The Bertz CT molecular complexity index is 396. The number of carboxylic acids is 1. The molecule has 0 saturated heterocycles. The summed E-state index contributed by atoms with van der Waals surface area (Å²) in [5.74, 6) is -1.02. The molecule has 1 rings (SSSR count). The quantitative estimate of drug-likeness (QED) is 0.868. The summed E-state index contributed by atoms with van der Waals surface area (Å²) in [5, 5.41) is 8.57. The van der Waals surface area contributed by atoms with Gasteiger partial charge >= 0.3 is 5.97 Å². The topological polar surface area (TPSA) is 50.2 Å². The number of rotatable bonds is 3. The first kappa shape index (κ1) is 12.3. The van der Waals surface area contributed by atoms with Crippen LogP contribution in [0.4, 0.5) is 8.78 Å². The minimum absolute atomic E-state index is 0.145. The van der Waals surface area contributed by atoms with E-state index in [1.807, 2.05) is 22.6 Å². The smallest absolute Gasteiger partial charge is 0.309 e. The maximum absolute atomic E-state index is 12.4. The number of aliphatic carboxylic acids is 1. The van der Waals surface area contributed by atoms with Gasteiger partial charge in [0.15, 0.2) is 0 Å². The number of pyridine rings is 1. The molecule has 1 heterocycles. The highest BCUT2D eigenvalue weighted by molar-refractivity contribution is 14.1. The molecular formula is C9H8F2INO2. The minimum Gasteiger partial charge on any atom is -0.481 e. The first-order chi connectivity index (χ1) is 6.91. The Morgan fingerprint density at radius 2 is 2.27 bits per heavy atom. The molecule has 3 nitrogen and oxygen atoms in total. The number of hydrogen-bond acceptors (Lipinski definition) is 2. The van der Waals surface area contributed by atoms with E-state index in [4.69, 9.17) is 5.11 Å². The summed E-state index contributed by atoms with van der Waals surface area (Å²) in [6.45, 7) is 1.45. The second kappa shape index (κ2) is 4.82. The maximum atomic E-state index is 12.4. The van der Waals surface area contributed by atoms with Crippen LogP contribution < -0.4 is 0 Å². The summed E-state index contributed by atoms with van der Waals surface area (Å²) >= 11 is 1.81. The number of carboxylic acid groups (broad SMARTS) is 1. The first-order valence-electron chi connectivity index (χ1n) is 4.07. The third-order valence-electron chi connectivity index (χ3n) is 1.83. The maximum Gasteiger partial charge on any atom is 0.309 e. The summed E-state index contributed by atoms with van der Waals surface area (Å²) in [7, 11) is 0. The lowest BCUT2D eigenvalue weighted by molar-refractivity contribution is -0.136. The Labute approximate surface area is 98.7 Å². The Morgan fingerprint density at radius 3 is 2.73 bits per heavy atom. The van der Waals surface area contributed by atoms with Gasteiger partial charge in [-0.2, -0.15) is 0 Å². The molecule has 1 aromatic heterocycles. The number of alkyl halides is 2. The molecule has 6 heteroatoms. The third kappa shape index (κ3) is 3.08. The van der Waals surface area contributed by atoms with Gasteiger partial charge in [-0.15, -0.1) is 0 Å². The van der Waals surface area contributed by atoms with Crippen molar-refractivity contribution in [3.8, 4) is 0 Å². The van der Waals surface area contributed by atoms with E-state index in [-0.39, 0.29) is 17.7 Å². The molecule has 0 aliphatic carbocycles. The SMILES string of the molecule is Cc1nc(CC(=O)O)c(I)cc1C(F)F. The van der Waals surface area contributed by atoms with E-state index in [0.29, 0.717) is 9.26 Å². The van der Waals surface area contributed by atoms with E-state index >= 15 is 0 Å². The number of aromatic nitrogens is 1. The van der Waals surface area contributed by atoms with Gasteiger partial charge in [-0.05, 0) is 35.6 Å². The van der Waals surface area contributed by atoms with Crippen molar-refractivity contribution in [1.82, 2.24) is 4.98 Å². The average Bonchev–Trinajstić information content (AvgIpc) is 2.09. The number of hydrogen-bond donors (Lipinski definition) is 1. The molecule has 0 fully saturated rings. The Kier molecular flexibility index (Phi) is 3.95. The van der Waals surface area contributed by atoms with Crippen LogP contribution in [0.2, 0.25) is 0 Å². The van der Waals surface area contributed by atoms with Crippen LogP contribution >= 0.6 is 22.6 Å². The fraction of sp³-hybridized carbons (Fsp3) is 0.333. The standard InChI is InChI=1S/C9H8F2INO2/c1-4-5(9(10)11)2-6(12)7(13-4)3-8(14)15/h2,9H,3H2,1H3,(H,14,15). The molecule has 0 amide bonds. The molecule has 0 spiro atoms. The largest absolute Gasteiger partial charge is 0.481 e. The highest BCUT2D eigenvalue weighted by atomic mass is 127. The lowest BCUT2D eigenvalue weighted by Gasteiger charge is -2.08. The second-order valence-electron chi connectivity index (χ2n) is 2.96. The van der Waals surface area contributed by atoms with E-state index in [1.165, 1.54) is 13.0 Å². The molecule has 0 unspecified atom stereocenters. The van der Waals surface area contributed by atoms with Crippen LogP contribution in [0.15, 0.2) is 6.07 Å². The summed E-state index contributed by atoms with van der Waals surface area (Å²) in [4.78, 5) is 14.3. The summed E-state index contributed by atoms with van der Waals surface area (Å²) < 4.78 is 25.3. The Hall–Kier alpha value is -0.790. The van der Waals surface area contributed by atoms with E-state index in [2.05, 4.69) is 4.98 Å². The first-order valence-corrected chi connectivity index (χ1v) is 5.15. The van der Waals surface area contributed by atoms with Crippen molar-refractivity contribution < 1.29 is 18.7 Å². The van der Waals surface area contributed by atoms with E-state index < -0.39 is 12.4 Å². The predicted octanol–water partition coefficient (Wildman–Crippen LogP) is 2.56. The van der Waals surface area contributed by atoms with Gasteiger partial charge < -0.3 is 5.11 Å². The van der Waals surface area contributed by atoms with Crippen molar-refractivity contribution in [2.45, 2.75) is 19.8 Å². The van der Waals surface area contributed by atoms with E-state index in [1.54, 1.807) is 0 Å². The molecule has 82 valence electrons. The average molecular weight is 327 g/mol. The van der Waals surface area contributed by atoms with Crippen molar-refractivity contribution >= 4 is 28.6 Å². The van der Waals surface area contributed by atoms with Crippen LogP contribution in [0.1, 0.15) is 23.4 Å². The van der Waals surface area contributed by atoms with Gasteiger partial charge in [-0.1, -0.05) is 0 Å². The van der Waals surface area contributed by atoms with Gasteiger partial charge in [0.2, 0.25) is 0 Å². The van der Waals surface area contributed by atoms with E-state index in [9.17, 15) is 13.6 Å². The Morgan fingerprint density at radius 1 is 1.67 bits per heavy atom. The fourth-order valence-corrected chi connectivity index (χ4v) is 1.78. The third-order valence-corrected chi connectivity index (χ3v) is 2.77. The van der Waals surface area contributed by atoms with Gasteiger partial charge in [-0.25, -0.2) is 8.78 Å². The molecule has 0 aromatic carbocycles. The molecule has 0 aliphatic rings. The molecule has 1 N–H and O–H groups in total. The molecular weight excluding hydrogens is 319 g/mol. The lowest BCUT2D eigenvalue weighted by Crippen LogP contribution is -2.07. The van der Waals surface area contributed by atoms with Crippen LogP contribution in [0, 0.1) is 10.5 Å². The van der Waals surface area contributed by atoms with Crippen LogP contribution in [0.3, 0.4) is 0 Å². The lowest BCUT2D eigenvalue weighted by atomic mass is 10.1. The molecule has 0 aliphatic heterocycles. The molecule has 1 aromatic rings. The van der Waals surface area contributed by atoms with Crippen molar-refractivity contribution in [3.05, 3.63) is 26.6 Å². The molecule has 0 radical (unpaired) electrons. The van der Waals surface area contributed by atoms with Crippen LogP contribution in [0.5, 0.6) is 0 Å². The van der Waals surface area contributed by atoms with Crippen LogP contribution in [-0.4, -0.2) is 16.1 Å². The van der Waals surface area contributed by atoms with Gasteiger partial charge in [0.25, 0.3) is 6.43 Å². The normalized spacial score (nSPS) is 10.7. The van der Waals surface area contributed by atoms with Crippen molar-refractivity contribution in [3.63, 3.8) is 0 Å². The van der Waals surface area contributed by atoms with Crippen molar-refractivity contribution in [2.75, 3.05) is 0 Å². The highest BCUT2D eigenvalue weighted by Gasteiger charge is 2.16. The molecule has 0 bridgehead atoms. The zero-order chi connectivity index (χ0) is 11.6. The molecule has 0 saturated carbocycles. The molecule has 0 atom stereocenters. The number of aryl methyl sites for hydroxylation is 1.